The Morgan fingerprint density at radius 1 is 1.25 bits per heavy atom. The first-order chi connectivity index (χ1) is 9.58. The maximum Gasteiger partial charge on any atom is 0.249 e. The Kier molecular flexibility index (Phi) is 3.24. The van der Waals surface area contributed by atoms with Gasteiger partial charge in [-0.25, -0.2) is 0 Å². The molecule has 1 aromatic rings. The monoisotopic (exact) mass is 272 g/mol. The van der Waals surface area contributed by atoms with Gasteiger partial charge in [-0.05, 0) is 29.9 Å². The molecule has 1 aromatic carbocycles. The normalized spacial score (nSPS) is 22.1. The van der Waals surface area contributed by atoms with E-state index < -0.39 is 0 Å². The zero-order valence-electron chi connectivity index (χ0n) is 12.0. The number of piperidine rings is 1. The molecule has 1 fully saturated rings. The molecule has 0 bridgehead atoms. The highest BCUT2D eigenvalue weighted by Gasteiger charge is 2.36. The van der Waals surface area contributed by atoms with Crippen molar-refractivity contribution in [2.75, 3.05) is 11.4 Å². The molecule has 2 aliphatic rings. The minimum atomic E-state index is -0.200. The highest BCUT2D eigenvalue weighted by Crippen LogP contribution is 2.38. The fourth-order valence-electron chi connectivity index (χ4n) is 3.27. The first-order valence-corrected chi connectivity index (χ1v) is 7.30. The van der Waals surface area contributed by atoms with Gasteiger partial charge in [0.15, 0.2) is 0 Å². The lowest BCUT2D eigenvalue weighted by molar-refractivity contribution is -0.134. The lowest BCUT2D eigenvalue weighted by Crippen LogP contribution is -2.52. The topological polar surface area (TPSA) is 49.4 Å². The minimum absolute atomic E-state index is 0.146. The SMILES string of the molecule is CC(C)c1cccc2c1N(C1CCC(=O)NC1=O)CC2. The summed E-state index contributed by atoms with van der Waals surface area (Å²) >= 11 is 0. The molecule has 1 atom stereocenters. The van der Waals surface area contributed by atoms with E-state index in [1.54, 1.807) is 0 Å². The Morgan fingerprint density at radius 3 is 2.75 bits per heavy atom. The van der Waals surface area contributed by atoms with Gasteiger partial charge in [-0.1, -0.05) is 32.0 Å². The number of carbonyl (C=O) groups excluding carboxylic acids is 2. The Balaban J connectivity index is 1.96. The third-order valence-electron chi connectivity index (χ3n) is 4.27. The predicted molar refractivity (Wildman–Crippen MR) is 77.8 cm³/mol. The molecule has 20 heavy (non-hydrogen) atoms. The average molecular weight is 272 g/mol. The third kappa shape index (κ3) is 2.09. The van der Waals surface area contributed by atoms with Crippen molar-refractivity contribution in [3.8, 4) is 0 Å². The summed E-state index contributed by atoms with van der Waals surface area (Å²) in [5, 5.41) is 2.47. The fourth-order valence-corrected chi connectivity index (χ4v) is 3.27. The van der Waals surface area contributed by atoms with Gasteiger partial charge in [-0.2, -0.15) is 0 Å². The number of benzene rings is 1. The van der Waals surface area contributed by atoms with Crippen molar-refractivity contribution in [2.45, 2.75) is 45.1 Å². The number of hydrogen-bond donors (Lipinski definition) is 1. The van der Waals surface area contributed by atoms with E-state index in [2.05, 4.69) is 42.3 Å². The van der Waals surface area contributed by atoms with Crippen molar-refractivity contribution in [1.29, 1.82) is 0 Å². The standard InChI is InChI=1S/C16H20N2O2/c1-10(2)12-5-3-4-11-8-9-18(15(11)12)13-6-7-14(19)17-16(13)20/h3-5,10,13H,6-9H2,1-2H3,(H,17,19,20). The first-order valence-electron chi connectivity index (χ1n) is 7.30. The maximum atomic E-state index is 12.1. The molecule has 0 radical (unpaired) electrons. The molecule has 106 valence electrons. The molecular weight excluding hydrogens is 252 g/mol. The van der Waals surface area contributed by atoms with E-state index in [9.17, 15) is 9.59 Å². The lowest BCUT2D eigenvalue weighted by Gasteiger charge is -2.33. The fraction of sp³-hybridized carbons (Fsp3) is 0.500. The van der Waals surface area contributed by atoms with Gasteiger partial charge in [0.25, 0.3) is 0 Å². The molecule has 3 rings (SSSR count). The molecule has 2 aliphatic heterocycles. The van der Waals surface area contributed by atoms with E-state index in [-0.39, 0.29) is 17.9 Å². The number of para-hydroxylation sites is 1. The molecule has 1 N–H and O–H groups in total. The number of nitrogens with zero attached hydrogens (tertiary/aromatic N) is 1. The molecule has 0 aromatic heterocycles. The van der Waals surface area contributed by atoms with E-state index in [1.807, 2.05) is 0 Å². The molecular formula is C16H20N2O2. The van der Waals surface area contributed by atoms with Crippen molar-refractivity contribution in [1.82, 2.24) is 5.32 Å². The second-order valence-corrected chi connectivity index (χ2v) is 5.92. The maximum absolute atomic E-state index is 12.1. The van der Waals surface area contributed by atoms with Crippen LogP contribution in [0.3, 0.4) is 0 Å². The van der Waals surface area contributed by atoms with Gasteiger partial charge in [0, 0.05) is 18.7 Å². The molecule has 1 unspecified atom stereocenters. The Labute approximate surface area is 119 Å². The van der Waals surface area contributed by atoms with Crippen LogP contribution in [-0.4, -0.2) is 24.4 Å². The Hall–Kier alpha value is -1.84. The van der Waals surface area contributed by atoms with Crippen LogP contribution in [0.5, 0.6) is 0 Å². The van der Waals surface area contributed by atoms with Gasteiger partial charge in [-0.3, -0.25) is 14.9 Å². The van der Waals surface area contributed by atoms with E-state index in [0.29, 0.717) is 18.8 Å². The minimum Gasteiger partial charge on any atom is -0.359 e. The Morgan fingerprint density at radius 2 is 2.05 bits per heavy atom. The highest BCUT2D eigenvalue weighted by atomic mass is 16.2. The zero-order chi connectivity index (χ0) is 14.3. The molecule has 2 amide bonds. The average Bonchev–Trinajstić information content (AvgIpc) is 2.82. The van der Waals surface area contributed by atoms with Gasteiger partial charge in [0.05, 0.1) is 0 Å². The summed E-state index contributed by atoms with van der Waals surface area (Å²) in [7, 11) is 0. The highest BCUT2D eigenvalue weighted by molar-refractivity contribution is 6.02. The summed E-state index contributed by atoms with van der Waals surface area (Å²) in [5.41, 5.74) is 3.84. The first kappa shape index (κ1) is 13.2. The van der Waals surface area contributed by atoms with Gasteiger partial charge < -0.3 is 4.90 Å². The van der Waals surface area contributed by atoms with Crippen molar-refractivity contribution in [3.63, 3.8) is 0 Å². The van der Waals surface area contributed by atoms with Crippen LogP contribution in [0.2, 0.25) is 0 Å². The van der Waals surface area contributed by atoms with Crippen LogP contribution in [0.1, 0.15) is 43.7 Å². The van der Waals surface area contributed by atoms with E-state index >= 15 is 0 Å². The number of amides is 2. The van der Waals surface area contributed by atoms with E-state index in [0.717, 1.165) is 13.0 Å². The summed E-state index contributed by atoms with van der Waals surface area (Å²) in [6.07, 6.45) is 2.04. The molecule has 1 saturated heterocycles. The quantitative estimate of drug-likeness (QED) is 0.838. The summed E-state index contributed by atoms with van der Waals surface area (Å²) in [6.45, 7) is 5.22. The van der Waals surface area contributed by atoms with Gasteiger partial charge in [0.1, 0.15) is 6.04 Å². The molecule has 0 saturated carbocycles. The summed E-state index contributed by atoms with van der Waals surface area (Å²) in [4.78, 5) is 25.6. The van der Waals surface area contributed by atoms with Gasteiger partial charge in [0.2, 0.25) is 11.8 Å². The number of carbonyl (C=O) groups is 2. The predicted octanol–water partition coefficient (Wildman–Crippen LogP) is 1.98. The van der Waals surface area contributed by atoms with Crippen molar-refractivity contribution in [3.05, 3.63) is 29.3 Å². The van der Waals surface area contributed by atoms with Crippen LogP contribution in [0, 0.1) is 0 Å². The molecule has 4 nitrogen and oxygen atoms in total. The smallest absolute Gasteiger partial charge is 0.249 e. The van der Waals surface area contributed by atoms with Crippen LogP contribution in [0.15, 0.2) is 18.2 Å². The summed E-state index contributed by atoms with van der Waals surface area (Å²) in [6, 6.07) is 6.19. The van der Waals surface area contributed by atoms with Crippen LogP contribution >= 0.6 is 0 Å². The van der Waals surface area contributed by atoms with Crippen molar-refractivity contribution >= 4 is 17.5 Å². The Bertz CT molecular complexity index is 566. The number of fused-ring (bicyclic) bond motifs is 1. The van der Waals surface area contributed by atoms with Crippen LogP contribution in [0.4, 0.5) is 5.69 Å². The molecule has 0 aliphatic carbocycles. The number of hydrogen-bond acceptors (Lipinski definition) is 3. The lowest BCUT2D eigenvalue weighted by atomic mass is 9.96. The third-order valence-corrected chi connectivity index (χ3v) is 4.27. The second kappa shape index (κ2) is 4.93. The van der Waals surface area contributed by atoms with Gasteiger partial charge in [-0.15, -0.1) is 0 Å². The number of imide groups is 1. The van der Waals surface area contributed by atoms with E-state index in [4.69, 9.17) is 0 Å². The number of anilines is 1. The summed E-state index contributed by atoms with van der Waals surface area (Å²) < 4.78 is 0. The molecule has 0 spiro atoms. The number of rotatable bonds is 2. The van der Waals surface area contributed by atoms with Crippen molar-refractivity contribution < 1.29 is 9.59 Å². The van der Waals surface area contributed by atoms with Crippen molar-refractivity contribution in [2.24, 2.45) is 0 Å². The second-order valence-electron chi connectivity index (χ2n) is 5.92. The molecule has 4 heteroatoms. The van der Waals surface area contributed by atoms with Crippen LogP contribution < -0.4 is 10.2 Å². The van der Waals surface area contributed by atoms with Crippen LogP contribution in [0.25, 0.3) is 0 Å². The van der Waals surface area contributed by atoms with Gasteiger partial charge >= 0.3 is 0 Å². The van der Waals surface area contributed by atoms with Crippen LogP contribution in [-0.2, 0) is 16.0 Å². The molecule has 2 heterocycles. The largest absolute Gasteiger partial charge is 0.359 e. The summed E-state index contributed by atoms with van der Waals surface area (Å²) in [5.74, 6) is 0.134. The number of nitrogens with one attached hydrogen (secondary N) is 1. The zero-order valence-corrected chi connectivity index (χ0v) is 12.0. The van der Waals surface area contributed by atoms with E-state index in [1.165, 1.54) is 16.8 Å².